The van der Waals surface area contributed by atoms with Gasteiger partial charge in [0, 0.05) is 12.6 Å². The van der Waals surface area contributed by atoms with E-state index in [4.69, 9.17) is 4.74 Å². The molecule has 28 heavy (non-hydrogen) atoms. The van der Waals surface area contributed by atoms with Gasteiger partial charge in [-0.05, 0) is 42.8 Å². The van der Waals surface area contributed by atoms with Crippen molar-refractivity contribution in [2.24, 2.45) is 0 Å². The first kappa shape index (κ1) is 19.5. The summed E-state index contributed by atoms with van der Waals surface area (Å²) < 4.78 is 5.79. The standard InChI is InChI=1S/C20H19N3O4S/c1-3-27-19(26)14-6-9-16-17(11-14)28-20(22-16)23-18(25)10-13-4-7-15(8-5-13)21-12(2)24/h4-9,11H,3,10H2,1-2H3,(H,21,24)(H,22,23,25). The van der Waals surface area contributed by atoms with Crippen LogP contribution < -0.4 is 10.6 Å². The number of nitrogens with zero attached hydrogens (tertiary/aromatic N) is 1. The minimum absolute atomic E-state index is 0.146. The lowest BCUT2D eigenvalue weighted by Gasteiger charge is -2.04. The number of amides is 2. The molecule has 2 N–H and O–H groups in total. The second-order valence-corrected chi connectivity index (χ2v) is 7.06. The molecule has 1 aromatic heterocycles. The fraction of sp³-hybridized carbons (Fsp3) is 0.200. The molecular weight excluding hydrogens is 378 g/mol. The van der Waals surface area contributed by atoms with Gasteiger partial charge in [-0.1, -0.05) is 23.5 Å². The number of thiazole rings is 1. The number of hydrogen-bond donors (Lipinski definition) is 2. The first-order valence-electron chi connectivity index (χ1n) is 8.68. The second-order valence-electron chi connectivity index (χ2n) is 6.03. The largest absolute Gasteiger partial charge is 0.462 e. The Bertz CT molecular complexity index is 1030. The van der Waals surface area contributed by atoms with Crippen molar-refractivity contribution in [2.45, 2.75) is 20.3 Å². The predicted molar refractivity (Wildman–Crippen MR) is 109 cm³/mol. The molecule has 8 heteroatoms. The Labute approximate surface area is 165 Å². The summed E-state index contributed by atoms with van der Waals surface area (Å²) >= 11 is 1.30. The SMILES string of the molecule is CCOC(=O)c1ccc2nc(NC(=O)Cc3ccc(NC(C)=O)cc3)sc2c1. The number of ether oxygens (including phenoxy) is 1. The molecule has 0 unspecified atom stereocenters. The van der Waals surface area contributed by atoms with E-state index in [0.717, 1.165) is 10.3 Å². The molecule has 1 heterocycles. The lowest BCUT2D eigenvalue weighted by atomic mass is 10.1. The van der Waals surface area contributed by atoms with Crippen LogP contribution in [-0.2, 0) is 20.7 Å². The molecule has 7 nitrogen and oxygen atoms in total. The first-order chi connectivity index (χ1) is 13.4. The summed E-state index contributed by atoms with van der Waals surface area (Å²) in [7, 11) is 0. The van der Waals surface area contributed by atoms with Gasteiger partial charge in [-0.2, -0.15) is 0 Å². The van der Waals surface area contributed by atoms with Crippen LogP contribution in [-0.4, -0.2) is 29.4 Å². The third-order valence-electron chi connectivity index (χ3n) is 3.78. The number of anilines is 2. The van der Waals surface area contributed by atoms with Crippen molar-refractivity contribution in [3.8, 4) is 0 Å². The molecule has 0 radical (unpaired) electrons. The quantitative estimate of drug-likeness (QED) is 0.619. The van der Waals surface area contributed by atoms with E-state index in [0.29, 0.717) is 28.5 Å². The molecule has 0 saturated heterocycles. The second kappa shape index (κ2) is 8.62. The molecule has 0 aliphatic carbocycles. The zero-order chi connectivity index (χ0) is 20.1. The van der Waals surface area contributed by atoms with Crippen LogP contribution in [0.2, 0.25) is 0 Å². The molecule has 2 amide bonds. The first-order valence-corrected chi connectivity index (χ1v) is 9.50. The van der Waals surface area contributed by atoms with E-state index in [2.05, 4.69) is 15.6 Å². The van der Waals surface area contributed by atoms with E-state index in [9.17, 15) is 14.4 Å². The number of fused-ring (bicyclic) bond motifs is 1. The molecule has 0 bridgehead atoms. The fourth-order valence-corrected chi connectivity index (χ4v) is 3.50. The van der Waals surface area contributed by atoms with E-state index >= 15 is 0 Å². The number of benzene rings is 2. The molecular formula is C20H19N3O4S. The smallest absolute Gasteiger partial charge is 0.338 e. The Hall–Kier alpha value is -3.26. The van der Waals surface area contributed by atoms with Crippen LogP contribution in [0.25, 0.3) is 10.2 Å². The van der Waals surface area contributed by atoms with Crippen molar-refractivity contribution < 1.29 is 19.1 Å². The highest BCUT2D eigenvalue weighted by molar-refractivity contribution is 7.22. The van der Waals surface area contributed by atoms with Crippen LogP contribution >= 0.6 is 11.3 Å². The van der Waals surface area contributed by atoms with E-state index in [1.807, 2.05) is 0 Å². The van der Waals surface area contributed by atoms with Gasteiger partial charge in [0.2, 0.25) is 11.8 Å². The Morgan fingerprint density at radius 2 is 1.82 bits per heavy atom. The molecule has 3 aromatic rings. The highest BCUT2D eigenvalue weighted by atomic mass is 32.1. The molecule has 0 saturated carbocycles. The summed E-state index contributed by atoms with van der Waals surface area (Å²) in [5, 5.41) is 5.93. The minimum atomic E-state index is -0.383. The monoisotopic (exact) mass is 397 g/mol. The number of hydrogen-bond acceptors (Lipinski definition) is 6. The summed E-state index contributed by atoms with van der Waals surface area (Å²) in [6, 6.07) is 12.2. The number of carbonyl (C=O) groups is 3. The van der Waals surface area contributed by atoms with Crippen molar-refractivity contribution in [2.75, 3.05) is 17.2 Å². The molecule has 0 aliphatic rings. The molecule has 0 fully saturated rings. The molecule has 0 aliphatic heterocycles. The highest BCUT2D eigenvalue weighted by Crippen LogP contribution is 2.27. The van der Waals surface area contributed by atoms with Gasteiger partial charge in [0.05, 0.1) is 28.8 Å². The fourth-order valence-electron chi connectivity index (χ4n) is 2.58. The minimum Gasteiger partial charge on any atom is -0.462 e. The molecule has 144 valence electrons. The van der Waals surface area contributed by atoms with Crippen molar-refractivity contribution in [3.05, 3.63) is 53.6 Å². The normalized spacial score (nSPS) is 10.5. The number of aromatic nitrogens is 1. The summed E-state index contributed by atoms with van der Waals surface area (Å²) in [6.07, 6.45) is 0.185. The number of carbonyl (C=O) groups excluding carboxylic acids is 3. The van der Waals surface area contributed by atoms with Gasteiger partial charge in [0.1, 0.15) is 0 Å². The van der Waals surface area contributed by atoms with E-state index < -0.39 is 0 Å². The predicted octanol–water partition coefficient (Wildman–Crippen LogP) is 3.61. The van der Waals surface area contributed by atoms with Gasteiger partial charge in [0.25, 0.3) is 0 Å². The van der Waals surface area contributed by atoms with Crippen LogP contribution in [0.1, 0.15) is 29.8 Å². The van der Waals surface area contributed by atoms with Gasteiger partial charge >= 0.3 is 5.97 Å². The zero-order valence-electron chi connectivity index (χ0n) is 15.4. The maximum atomic E-state index is 12.3. The Morgan fingerprint density at radius 3 is 2.50 bits per heavy atom. The van der Waals surface area contributed by atoms with E-state index in [-0.39, 0.29) is 24.2 Å². The van der Waals surface area contributed by atoms with Gasteiger partial charge in [0.15, 0.2) is 5.13 Å². The lowest BCUT2D eigenvalue weighted by Crippen LogP contribution is -2.14. The Balaban J connectivity index is 1.65. The molecule has 0 atom stereocenters. The van der Waals surface area contributed by atoms with Gasteiger partial charge in [-0.25, -0.2) is 9.78 Å². The van der Waals surface area contributed by atoms with Crippen molar-refractivity contribution in [1.29, 1.82) is 0 Å². The highest BCUT2D eigenvalue weighted by Gasteiger charge is 2.12. The van der Waals surface area contributed by atoms with E-state index in [1.165, 1.54) is 18.3 Å². The topological polar surface area (TPSA) is 97.4 Å². The van der Waals surface area contributed by atoms with Crippen molar-refractivity contribution in [3.63, 3.8) is 0 Å². The average Bonchev–Trinajstić information content (AvgIpc) is 3.04. The summed E-state index contributed by atoms with van der Waals surface area (Å²) in [5.41, 5.74) is 2.65. The van der Waals surface area contributed by atoms with Crippen LogP contribution in [0.3, 0.4) is 0 Å². The molecule has 3 rings (SSSR count). The molecule has 0 spiro atoms. The number of rotatable bonds is 6. The van der Waals surface area contributed by atoms with Crippen LogP contribution in [0.5, 0.6) is 0 Å². The van der Waals surface area contributed by atoms with Crippen LogP contribution in [0.4, 0.5) is 10.8 Å². The Morgan fingerprint density at radius 1 is 1.07 bits per heavy atom. The summed E-state index contributed by atoms with van der Waals surface area (Å²) in [4.78, 5) is 39.5. The number of esters is 1. The maximum Gasteiger partial charge on any atom is 0.338 e. The lowest BCUT2D eigenvalue weighted by molar-refractivity contribution is -0.116. The number of nitrogens with one attached hydrogen (secondary N) is 2. The van der Waals surface area contributed by atoms with Crippen molar-refractivity contribution >= 4 is 50.2 Å². The van der Waals surface area contributed by atoms with Gasteiger partial charge < -0.3 is 15.4 Å². The van der Waals surface area contributed by atoms with Gasteiger partial charge in [-0.15, -0.1) is 0 Å². The third kappa shape index (κ3) is 4.92. The average molecular weight is 397 g/mol. The van der Waals surface area contributed by atoms with Crippen molar-refractivity contribution in [1.82, 2.24) is 4.98 Å². The van der Waals surface area contributed by atoms with E-state index in [1.54, 1.807) is 49.4 Å². The van der Waals surface area contributed by atoms with Gasteiger partial charge in [-0.3, -0.25) is 9.59 Å². The summed E-state index contributed by atoms with van der Waals surface area (Å²) in [6.45, 7) is 3.51. The Kier molecular flexibility index (Phi) is 6.00. The maximum absolute atomic E-state index is 12.3. The van der Waals surface area contributed by atoms with Crippen LogP contribution in [0.15, 0.2) is 42.5 Å². The van der Waals surface area contributed by atoms with Crippen LogP contribution in [0, 0.1) is 0 Å². The third-order valence-corrected chi connectivity index (χ3v) is 4.72. The summed E-state index contributed by atoms with van der Waals surface area (Å²) in [5.74, 6) is -0.726. The molecule has 2 aromatic carbocycles. The zero-order valence-corrected chi connectivity index (χ0v) is 16.3.